The third-order valence-corrected chi connectivity index (χ3v) is 4.80. The Hall–Kier alpha value is -2.28. The number of thioether (sulfide) groups is 1. The van der Waals surface area contributed by atoms with E-state index >= 15 is 0 Å². The predicted molar refractivity (Wildman–Crippen MR) is 92.5 cm³/mol. The van der Waals surface area contributed by atoms with Crippen molar-refractivity contribution in [1.82, 2.24) is 4.90 Å². The molecule has 3 rings (SSSR count). The summed E-state index contributed by atoms with van der Waals surface area (Å²) in [7, 11) is 0. The van der Waals surface area contributed by atoms with Gasteiger partial charge in [-0.1, -0.05) is 42.1 Å². The lowest BCUT2D eigenvalue weighted by Crippen LogP contribution is -2.32. The van der Waals surface area contributed by atoms with Gasteiger partial charge in [-0.3, -0.25) is 14.7 Å². The molecule has 0 saturated carbocycles. The molecular weight excluding hydrogens is 349 g/mol. The minimum Gasteiger partial charge on any atom is -0.286 e. The summed E-state index contributed by atoms with van der Waals surface area (Å²) in [5.41, 5.74) is 0.574. The van der Waals surface area contributed by atoms with Crippen molar-refractivity contribution in [2.45, 2.75) is 11.9 Å². The van der Waals surface area contributed by atoms with Crippen molar-refractivity contribution in [2.75, 3.05) is 13.1 Å². The summed E-state index contributed by atoms with van der Waals surface area (Å²) < 4.78 is 37.9. The second-order valence-corrected chi connectivity index (χ2v) is 6.41. The molecule has 1 aliphatic rings. The monoisotopic (exact) mass is 364 g/mol. The largest absolute Gasteiger partial charge is 0.416 e. The Balaban J connectivity index is 1.68. The summed E-state index contributed by atoms with van der Waals surface area (Å²) in [6.45, 7) is 0.945. The molecule has 0 unspecified atom stereocenters. The fourth-order valence-electron chi connectivity index (χ4n) is 2.42. The fraction of sp³-hybridized carbons (Fsp3) is 0.222. The molecule has 0 aromatic heterocycles. The lowest BCUT2D eigenvalue weighted by molar-refractivity contribution is -0.137. The van der Waals surface area contributed by atoms with E-state index in [-0.39, 0.29) is 11.5 Å². The van der Waals surface area contributed by atoms with Gasteiger partial charge in [-0.2, -0.15) is 13.2 Å². The number of carbonyl (C=O) groups is 1. The number of benzene rings is 2. The number of nitrogens with zero attached hydrogens (tertiary/aromatic N) is 2. The van der Waals surface area contributed by atoms with Crippen molar-refractivity contribution >= 4 is 22.8 Å². The molecule has 0 spiro atoms. The van der Waals surface area contributed by atoms with E-state index in [1.54, 1.807) is 0 Å². The van der Waals surface area contributed by atoms with Crippen LogP contribution in [-0.4, -0.2) is 29.1 Å². The third kappa shape index (κ3) is 4.22. The predicted octanol–water partition coefficient (Wildman–Crippen LogP) is 4.45. The van der Waals surface area contributed by atoms with Crippen LogP contribution in [0, 0.1) is 0 Å². The second-order valence-electron chi connectivity index (χ2n) is 5.47. The molecule has 0 atom stereocenters. The standard InChI is InChI=1S/C18H15F3N2OS/c19-18(20,21)15-8-6-14(7-9-15)16(24)23-11-10-22-17(23)25-12-13-4-2-1-3-5-13/h1-9H,10-12H2. The number of hydrogen-bond acceptors (Lipinski definition) is 3. The first-order valence-corrected chi connectivity index (χ1v) is 8.64. The highest BCUT2D eigenvalue weighted by molar-refractivity contribution is 8.13. The zero-order valence-corrected chi connectivity index (χ0v) is 14.0. The number of aliphatic imine (C=N–C) groups is 1. The number of rotatable bonds is 3. The minimum atomic E-state index is -4.41. The first kappa shape index (κ1) is 17.5. The molecular formula is C18H15F3N2OS. The molecule has 0 radical (unpaired) electrons. The maximum absolute atomic E-state index is 12.6. The van der Waals surface area contributed by atoms with Gasteiger partial charge >= 0.3 is 6.18 Å². The van der Waals surface area contributed by atoms with Gasteiger partial charge in [0.05, 0.1) is 12.1 Å². The highest BCUT2D eigenvalue weighted by Crippen LogP contribution is 2.29. The average molecular weight is 364 g/mol. The van der Waals surface area contributed by atoms with E-state index in [1.807, 2.05) is 30.3 Å². The van der Waals surface area contributed by atoms with Crippen LogP contribution in [0.15, 0.2) is 59.6 Å². The number of halogens is 3. The van der Waals surface area contributed by atoms with Crippen LogP contribution in [0.1, 0.15) is 21.5 Å². The summed E-state index contributed by atoms with van der Waals surface area (Å²) in [5.74, 6) is 0.349. The van der Waals surface area contributed by atoms with Gasteiger partial charge in [-0.15, -0.1) is 0 Å². The maximum atomic E-state index is 12.6. The smallest absolute Gasteiger partial charge is 0.286 e. The molecule has 1 aliphatic heterocycles. The molecule has 0 N–H and O–H groups in total. The molecule has 0 fully saturated rings. The zero-order chi connectivity index (χ0) is 17.9. The van der Waals surface area contributed by atoms with E-state index in [2.05, 4.69) is 4.99 Å². The average Bonchev–Trinajstić information content (AvgIpc) is 3.08. The van der Waals surface area contributed by atoms with Crippen LogP contribution >= 0.6 is 11.8 Å². The van der Waals surface area contributed by atoms with Gasteiger partial charge in [-0.05, 0) is 29.8 Å². The van der Waals surface area contributed by atoms with E-state index in [0.717, 1.165) is 17.7 Å². The summed E-state index contributed by atoms with van der Waals surface area (Å²) >= 11 is 1.45. The lowest BCUT2D eigenvalue weighted by atomic mass is 10.1. The van der Waals surface area contributed by atoms with E-state index < -0.39 is 11.7 Å². The van der Waals surface area contributed by atoms with Gasteiger partial charge < -0.3 is 0 Å². The molecule has 2 aromatic carbocycles. The van der Waals surface area contributed by atoms with Gasteiger partial charge in [0, 0.05) is 17.9 Å². The van der Waals surface area contributed by atoms with Crippen molar-refractivity contribution in [1.29, 1.82) is 0 Å². The van der Waals surface area contributed by atoms with Gasteiger partial charge in [0.1, 0.15) is 0 Å². The molecule has 130 valence electrons. The second kappa shape index (κ2) is 7.31. The van der Waals surface area contributed by atoms with E-state index in [0.29, 0.717) is 24.0 Å². The van der Waals surface area contributed by atoms with Gasteiger partial charge in [0.2, 0.25) is 0 Å². The first-order valence-electron chi connectivity index (χ1n) is 7.65. The molecule has 0 aliphatic carbocycles. The highest BCUT2D eigenvalue weighted by Gasteiger charge is 2.31. The molecule has 1 heterocycles. The van der Waals surface area contributed by atoms with Gasteiger partial charge in [0.15, 0.2) is 5.17 Å². The van der Waals surface area contributed by atoms with Crippen molar-refractivity contribution in [2.24, 2.45) is 4.99 Å². The number of amidine groups is 1. The summed E-state index contributed by atoms with van der Waals surface area (Å²) in [4.78, 5) is 18.4. The Morgan fingerprint density at radius 2 is 1.76 bits per heavy atom. The van der Waals surface area contributed by atoms with Crippen molar-refractivity contribution in [3.63, 3.8) is 0 Å². The van der Waals surface area contributed by atoms with Gasteiger partial charge in [-0.25, -0.2) is 0 Å². The minimum absolute atomic E-state index is 0.225. The molecule has 0 saturated heterocycles. The van der Waals surface area contributed by atoms with Crippen LogP contribution in [0.4, 0.5) is 13.2 Å². The van der Waals surface area contributed by atoms with Crippen LogP contribution in [0.3, 0.4) is 0 Å². The number of alkyl halides is 3. The quantitative estimate of drug-likeness (QED) is 0.806. The van der Waals surface area contributed by atoms with Gasteiger partial charge in [0.25, 0.3) is 5.91 Å². The zero-order valence-electron chi connectivity index (χ0n) is 13.2. The fourth-order valence-corrected chi connectivity index (χ4v) is 3.42. The number of amides is 1. The van der Waals surface area contributed by atoms with Crippen LogP contribution in [0.5, 0.6) is 0 Å². The van der Waals surface area contributed by atoms with Crippen LogP contribution < -0.4 is 0 Å². The Morgan fingerprint density at radius 3 is 2.40 bits per heavy atom. The van der Waals surface area contributed by atoms with Crippen LogP contribution in [-0.2, 0) is 11.9 Å². The van der Waals surface area contributed by atoms with Crippen LogP contribution in [0.25, 0.3) is 0 Å². The van der Waals surface area contributed by atoms with Crippen molar-refractivity contribution < 1.29 is 18.0 Å². The van der Waals surface area contributed by atoms with Crippen molar-refractivity contribution in [3.8, 4) is 0 Å². The normalized spacial score (nSPS) is 14.5. The Labute approximate surface area is 147 Å². The third-order valence-electron chi connectivity index (χ3n) is 3.72. The van der Waals surface area contributed by atoms with E-state index in [9.17, 15) is 18.0 Å². The number of carbonyl (C=O) groups excluding carboxylic acids is 1. The Kier molecular flexibility index (Phi) is 5.13. The molecule has 1 amide bonds. The van der Waals surface area contributed by atoms with E-state index in [4.69, 9.17) is 0 Å². The van der Waals surface area contributed by atoms with Crippen LogP contribution in [0.2, 0.25) is 0 Å². The number of hydrogen-bond donors (Lipinski definition) is 0. The lowest BCUT2D eigenvalue weighted by Gasteiger charge is -2.18. The molecule has 0 bridgehead atoms. The Morgan fingerprint density at radius 1 is 1.08 bits per heavy atom. The summed E-state index contributed by atoms with van der Waals surface area (Å²) in [5, 5.41) is 0.605. The molecule has 7 heteroatoms. The summed E-state index contributed by atoms with van der Waals surface area (Å²) in [6.07, 6.45) is -4.41. The maximum Gasteiger partial charge on any atom is 0.416 e. The molecule has 3 nitrogen and oxygen atoms in total. The molecule has 25 heavy (non-hydrogen) atoms. The van der Waals surface area contributed by atoms with Crippen molar-refractivity contribution in [3.05, 3.63) is 71.3 Å². The highest BCUT2D eigenvalue weighted by atomic mass is 32.2. The first-order chi connectivity index (χ1) is 11.9. The SMILES string of the molecule is O=C(c1ccc(C(F)(F)F)cc1)N1CCN=C1SCc1ccccc1. The van der Waals surface area contributed by atoms with E-state index in [1.165, 1.54) is 28.8 Å². The topological polar surface area (TPSA) is 32.7 Å². The molecule has 2 aromatic rings. The Bertz CT molecular complexity index is 773. The summed E-state index contributed by atoms with van der Waals surface area (Å²) in [6, 6.07) is 14.1.